The van der Waals surface area contributed by atoms with E-state index >= 15 is 0 Å². The van der Waals surface area contributed by atoms with Gasteiger partial charge in [0.05, 0.1) is 37.8 Å². The summed E-state index contributed by atoms with van der Waals surface area (Å²) in [6.45, 7) is 7.93. The summed E-state index contributed by atoms with van der Waals surface area (Å²) in [7, 11) is 0. The third-order valence-electron chi connectivity index (χ3n) is 6.02. The summed E-state index contributed by atoms with van der Waals surface area (Å²) in [6.07, 6.45) is -13.4. The number of halogens is 9. The van der Waals surface area contributed by atoms with Gasteiger partial charge in [-0.1, -0.05) is 12.1 Å². The minimum atomic E-state index is -5.08. The molecule has 0 saturated carbocycles. The maximum atomic E-state index is 10.6. The van der Waals surface area contributed by atoms with Crippen LogP contribution in [0.5, 0.6) is 0 Å². The zero-order valence-corrected chi connectivity index (χ0v) is 23.7. The van der Waals surface area contributed by atoms with E-state index in [1.54, 1.807) is 0 Å². The molecule has 3 N–H and O–H groups in total. The Balaban J connectivity index is 0.000000413. The van der Waals surface area contributed by atoms with Crippen molar-refractivity contribution in [1.82, 2.24) is 14.9 Å². The zero-order chi connectivity index (χ0) is 35.3. The van der Waals surface area contributed by atoms with Gasteiger partial charge in [-0.2, -0.15) is 39.5 Å². The van der Waals surface area contributed by atoms with Crippen LogP contribution < -0.4 is 0 Å². The molecule has 2 aliphatic rings. The van der Waals surface area contributed by atoms with E-state index < -0.39 is 36.4 Å². The van der Waals surface area contributed by atoms with E-state index in [2.05, 4.69) is 27.0 Å². The zero-order valence-electron chi connectivity index (χ0n) is 23.7. The summed E-state index contributed by atoms with van der Waals surface area (Å²) in [4.78, 5) is 38.2. The van der Waals surface area contributed by atoms with E-state index in [0.29, 0.717) is 12.5 Å². The molecule has 0 spiro atoms. The molecule has 20 heteroatoms. The molecular formula is C26H28F9N3O8. The number of carboxylic acids is 3. The van der Waals surface area contributed by atoms with Gasteiger partial charge in [0, 0.05) is 42.9 Å². The molecule has 2 saturated heterocycles. The number of alkyl halides is 9. The lowest BCUT2D eigenvalue weighted by Gasteiger charge is -2.27. The third-order valence-corrected chi connectivity index (χ3v) is 6.02. The van der Waals surface area contributed by atoms with Gasteiger partial charge in [0.1, 0.15) is 0 Å². The number of aliphatic carboxylic acids is 3. The Kier molecular flexibility index (Phi) is 14.8. The normalized spacial score (nSPS) is 19.3. The van der Waals surface area contributed by atoms with Gasteiger partial charge in [-0.15, -0.1) is 0 Å². The highest BCUT2D eigenvalue weighted by Crippen LogP contribution is 2.42. The molecular weight excluding hydrogens is 653 g/mol. The molecule has 4 heterocycles. The van der Waals surface area contributed by atoms with Gasteiger partial charge in [0.25, 0.3) is 0 Å². The Morgan fingerprint density at radius 2 is 1.41 bits per heavy atom. The fraction of sp³-hybridized carbons (Fsp3) is 0.500. The average Bonchev–Trinajstić information content (AvgIpc) is 3.45. The summed E-state index contributed by atoms with van der Waals surface area (Å²) in [6, 6.07) is 12.2. The van der Waals surface area contributed by atoms with Gasteiger partial charge in [-0.25, -0.2) is 14.4 Å². The second-order valence-electron chi connectivity index (χ2n) is 9.74. The number of rotatable bonds is 6. The number of aryl methyl sites for hydroxylation is 1. The summed E-state index contributed by atoms with van der Waals surface area (Å²) in [5.74, 6) is -7.73. The van der Waals surface area contributed by atoms with Crippen molar-refractivity contribution in [2.75, 3.05) is 32.9 Å². The van der Waals surface area contributed by atoms with Gasteiger partial charge in [-0.3, -0.25) is 14.9 Å². The Hall–Kier alpha value is -4.04. The van der Waals surface area contributed by atoms with Crippen LogP contribution in [0.15, 0.2) is 42.6 Å². The Morgan fingerprint density at radius 3 is 1.87 bits per heavy atom. The fourth-order valence-electron chi connectivity index (χ4n) is 4.03. The molecule has 0 unspecified atom stereocenters. The molecule has 2 aromatic heterocycles. The van der Waals surface area contributed by atoms with Crippen molar-refractivity contribution in [2.45, 2.75) is 38.6 Å². The van der Waals surface area contributed by atoms with Crippen LogP contribution in [0.2, 0.25) is 0 Å². The number of ether oxygens (including phenoxy) is 2. The molecule has 0 radical (unpaired) electrons. The molecule has 46 heavy (non-hydrogen) atoms. The third kappa shape index (κ3) is 14.4. The largest absolute Gasteiger partial charge is 0.490 e. The highest BCUT2D eigenvalue weighted by molar-refractivity contribution is 5.73. The molecule has 2 aliphatic heterocycles. The maximum absolute atomic E-state index is 10.6. The Bertz CT molecular complexity index is 1220. The van der Waals surface area contributed by atoms with Crippen molar-refractivity contribution in [2.24, 2.45) is 11.3 Å². The first-order valence-electron chi connectivity index (χ1n) is 12.7. The van der Waals surface area contributed by atoms with Gasteiger partial charge in [0.2, 0.25) is 0 Å². The van der Waals surface area contributed by atoms with Crippen molar-refractivity contribution < 1.29 is 78.7 Å². The summed E-state index contributed by atoms with van der Waals surface area (Å²) < 4.78 is 107. The van der Waals surface area contributed by atoms with E-state index in [4.69, 9.17) is 39.2 Å². The number of hydrogen-bond acceptors (Lipinski definition) is 8. The molecule has 0 bridgehead atoms. The van der Waals surface area contributed by atoms with Gasteiger partial charge < -0.3 is 24.8 Å². The minimum Gasteiger partial charge on any atom is -0.475 e. The lowest BCUT2D eigenvalue weighted by molar-refractivity contribution is -0.193. The predicted molar refractivity (Wildman–Crippen MR) is 136 cm³/mol. The van der Waals surface area contributed by atoms with Crippen LogP contribution >= 0.6 is 0 Å². The molecule has 2 aromatic rings. The highest BCUT2D eigenvalue weighted by atomic mass is 19.4. The average molecular weight is 682 g/mol. The van der Waals surface area contributed by atoms with Crippen LogP contribution in [0.1, 0.15) is 17.1 Å². The summed E-state index contributed by atoms with van der Waals surface area (Å²) in [5, 5.41) is 21.4. The van der Waals surface area contributed by atoms with Gasteiger partial charge >= 0.3 is 36.4 Å². The van der Waals surface area contributed by atoms with Crippen LogP contribution in [0.25, 0.3) is 0 Å². The fourth-order valence-corrected chi connectivity index (χ4v) is 4.03. The van der Waals surface area contributed by atoms with Crippen molar-refractivity contribution in [3.05, 3.63) is 59.7 Å². The first-order chi connectivity index (χ1) is 21.1. The number of fused-ring (bicyclic) bond motifs is 1. The van der Waals surface area contributed by atoms with E-state index in [0.717, 1.165) is 56.5 Å². The lowest BCUT2D eigenvalue weighted by atomic mass is 9.82. The van der Waals surface area contributed by atoms with Crippen molar-refractivity contribution in [3.63, 3.8) is 0 Å². The maximum Gasteiger partial charge on any atom is 0.490 e. The monoisotopic (exact) mass is 681 g/mol. The SMILES string of the molecule is Cc1cccc(CN2C[C@@H]3COC[C@]3(COCc3ccccn3)C2)n1.O=C(O)C(F)(F)F.O=C(O)C(F)(F)F.O=C(O)C(F)(F)F. The standard InChI is InChI=1S/C20H25N3O2.3C2HF3O2/c1-16-5-4-7-18(22-16)10-23-9-17-11-24-14-20(17,13-23)15-25-12-19-6-2-3-8-21-19;3*3-2(4,5)1(6)7/h2-8,17H,9-15H2,1H3;3*(H,6,7)/t17-,20+;;;/m1.../s1. The van der Waals surface area contributed by atoms with E-state index in [1.807, 2.05) is 37.4 Å². The number of aromatic nitrogens is 2. The number of nitrogens with zero attached hydrogens (tertiary/aromatic N) is 3. The molecule has 4 rings (SSSR count). The Labute approximate surface area is 254 Å². The number of hydrogen-bond donors (Lipinski definition) is 3. The summed E-state index contributed by atoms with van der Waals surface area (Å²) in [5.41, 5.74) is 3.31. The van der Waals surface area contributed by atoms with E-state index in [9.17, 15) is 39.5 Å². The van der Waals surface area contributed by atoms with Crippen molar-refractivity contribution in [1.29, 1.82) is 0 Å². The van der Waals surface area contributed by atoms with Crippen LogP contribution in [-0.2, 0) is 37.0 Å². The molecule has 0 aliphatic carbocycles. The van der Waals surface area contributed by atoms with Crippen LogP contribution in [-0.4, -0.2) is 99.5 Å². The first-order valence-corrected chi connectivity index (χ1v) is 12.7. The van der Waals surface area contributed by atoms with Gasteiger partial charge in [-0.05, 0) is 31.2 Å². The number of pyridine rings is 2. The van der Waals surface area contributed by atoms with Crippen LogP contribution in [0.4, 0.5) is 39.5 Å². The second-order valence-corrected chi connectivity index (χ2v) is 9.74. The minimum absolute atomic E-state index is 0.110. The number of likely N-dealkylation sites (tertiary alicyclic amines) is 1. The van der Waals surface area contributed by atoms with Crippen molar-refractivity contribution >= 4 is 17.9 Å². The van der Waals surface area contributed by atoms with Gasteiger partial charge in [0.15, 0.2) is 0 Å². The quantitative estimate of drug-likeness (QED) is 0.372. The summed E-state index contributed by atoms with van der Waals surface area (Å²) >= 11 is 0. The molecule has 0 aromatic carbocycles. The molecule has 258 valence electrons. The molecule has 0 amide bonds. The first kappa shape index (κ1) is 40.0. The van der Waals surface area contributed by atoms with Crippen LogP contribution in [0.3, 0.4) is 0 Å². The van der Waals surface area contributed by atoms with Crippen LogP contribution in [0, 0.1) is 18.3 Å². The lowest BCUT2D eigenvalue weighted by Crippen LogP contribution is -2.35. The second kappa shape index (κ2) is 17.0. The topological polar surface area (TPSA) is 159 Å². The van der Waals surface area contributed by atoms with E-state index in [1.165, 1.54) is 0 Å². The molecule has 2 fully saturated rings. The smallest absolute Gasteiger partial charge is 0.475 e. The predicted octanol–water partition coefficient (Wildman–Crippen LogP) is 4.35. The van der Waals surface area contributed by atoms with E-state index in [-0.39, 0.29) is 5.41 Å². The highest BCUT2D eigenvalue weighted by Gasteiger charge is 2.50. The molecule has 2 atom stereocenters. The number of carboxylic acid groups (broad SMARTS) is 3. The van der Waals surface area contributed by atoms with Crippen molar-refractivity contribution in [3.8, 4) is 0 Å². The number of carbonyl (C=O) groups is 3. The molecule has 11 nitrogen and oxygen atoms in total. The Morgan fingerprint density at radius 1 is 0.891 bits per heavy atom.